The maximum atomic E-state index is 12.4. The van der Waals surface area contributed by atoms with Crippen LogP contribution < -0.4 is 14.8 Å². The lowest BCUT2D eigenvalue weighted by Gasteiger charge is -2.12. The summed E-state index contributed by atoms with van der Waals surface area (Å²) in [5.41, 5.74) is 3.00. The van der Waals surface area contributed by atoms with Gasteiger partial charge in [0.05, 0.1) is 30.9 Å². The zero-order chi connectivity index (χ0) is 19.9. The molecule has 7 heteroatoms. The summed E-state index contributed by atoms with van der Waals surface area (Å²) in [6.07, 6.45) is 2.50. The first-order valence-corrected chi connectivity index (χ1v) is 9.23. The lowest BCUT2D eigenvalue weighted by Crippen LogP contribution is -2.25. The van der Waals surface area contributed by atoms with E-state index in [9.17, 15) is 4.79 Å². The van der Waals surface area contributed by atoms with Crippen molar-refractivity contribution < 1.29 is 19.0 Å². The summed E-state index contributed by atoms with van der Waals surface area (Å²) in [6.45, 7) is 3.86. The van der Waals surface area contributed by atoms with E-state index in [4.69, 9.17) is 14.2 Å². The fraction of sp³-hybridized carbons (Fsp3) is 0.333. The number of imidazole rings is 1. The number of rotatable bonds is 9. The molecule has 0 unspecified atom stereocenters. The first kappa shape index (κ1) is 19.7. The zero-order valence-electron chi connectivity index (χ0n) is 16.4. The van der Waals surface area contributed by atoms with Crippen molar-refractivity contribution >= 4 is 16.9 Å². The Bertz CT molecular complexity index is 952. The molecule has 0 aliphatic rings. The molecule has 0 saturated carbocycles. The molecule has 0 spiro atoms. The van der Waals surface area contributed by atoms with E-state index in [1.54, 1.807) is 32.7 Å². The number of fused-ring (bicyclic) bond motifs is 1. The van der Waals surface area contributed by atoms with Crippen molar-refractivity contribution in [2.75, 3.05) is 34.0 Å². The first-order valence-electron chi connectivity index (χ1n) is 9.23. The Labute approximate surface area is 164 Å². The van der Waals surface area contributed by atoms with E-state index in [1.807, 2.05) is 35.8 Å². The number of methoxy groups -OCH3 is 2. The molecular formula is C21H25N3O4. The van der Waals surface area contributed by atoms with Crippen molar-refractivity contribution in [2.45, 2.75) is 13.3 Å². The normalized spacial score (nSPS) is 10.8. The van der Waals surface area contributed by atoms with Crippen LogP contribution in [-0.4, -0.2) is 49.4 Å². The third-order valence-electron chi connectivity index (χ3n) is 4.41. The van der Waals surface area contributed by atoms with Gasteiger partial charge in [0, 0.05) is 31.4 Å². The molecule has 0 atom stereocenters. The van der Waals surface area contributed by atoms with Crippen LogP contribution >= 0.6 is 0 Å². The predicted octanol–water partition coefficient (Wildman–Crippen LogP) is 3.20. The third kappa shape index (κ3) is 4.26. The Morgan fingerprint density at radius 2 is 2.00 bits per heavy atom. The van der Waals surface area contributed by atoms with Gasteiger partial charge in [0.15, 0.2) is 0 Å². The summed E-state index contributed by atoms with van der Waals surface area (Å²) in [5.74, 6) is 1.31. The van der Waals surface area contributed by atoms with Crippen LogP contribution in [-0.2, 0) is 4.74 Å². The molecule has 0 radical (unpaired) electrons. The van der Waals surface area contributed by atoms with Gasteiger partial charge in [0.1, 0.15) is 17.8 Å². The predicted molar refractivity (Wildman–Crippen MR) is 108 cm³/mol. The van der Waals surface area contributed by atoms with Gasteiger partial charge in [-0.15, -0.1) is 0 Å². The highest BCUT2D eigenvalue weighted by Gasteiger charge is 2.13. The number of benzene rings is 2. The van der Waals surface area contributed by atoms with Crippen LogP contribution in [0.2, 0.25) is 0 Å². The fourth-order valence-electron chi connectivity index (χ4n) is 2.95. The average molecular weight is 383 g/mol. The van der Waals surface area contributed by atoms with Gasteiger partial charge in [-0.1, -0.05) is 0 Å². The van der Waals surface area contributed by atoms with Crippen molar-refractivity contribution in [1.82, 2.24) is 14.9 Å². The Kier molecular flexibility index (Phi) is 6.49. The van der Waals surface area contributed by atoms with Gasteiger partial charge in [0.2, 0.25) is 0 Å². The number of ether oxygens (including phenoxy) is 3. The van der Waals surface area contributed by atoms with Gasteiger partial charge in [-0.3, -0.25) is 9.36 Å². The number of carbonyl (C=O) groups excluding carboxylic acids is 1. The standard InChI is InChI=1S/C21H25N3O4/c1-4-28-11-5-10-22-21(25)15-6-8-18-17(12-15)23-14-24(18)19-13-16(26-2)7-9-20(19)27-3/h6-9,12-14H,4-5,10-11H2,1-3H3,(H,22,25). The van der Waals surface area contributed by atoms with Crippen LogP contribution in [0.4, 0.5) is 0 Å². The minimum Gasteiger partial charge on any atom is -0.497 e. The van der Waals surface area contributed by atoms with Gasteiger partial charge in [-0.25, -0.2) is 4.98 Å². The second-order valence-corrected chi connectivity index (χ2v) is 6.16. The summed E-state index contributed by atoms with van der Waals surface area (Å²) in [7, 11) is 3.25. The van der Waals surface area contributed by atoms with Gasteiger partial charge < -0.3 is 19.5 Å². The molecule has 0 aliphatic carbocycles. The number of carbonyl (C=O) groups is 1. The van der Waals surface area contributed by atoms with Crippen LogP contribution in [0, 0.1) is 0 Å². The number of hydrogen-bond donors (Lipinski definition) is 1. The molecule has 148 valence electrons. The molecule has 3 aromatic rings. The minimum atomic E-state index is -0.119. The Morgan fingerprint density at radius 3 is 2.75 bits per heavy atom. The molecule has 1 amide bonds. The Hall–Kier alpha value is -3.06. The topological polar surface area (TPSA) is 74.6 Å². The van der Waals surface area contributed by atoms with Gasteiger partial charge in [-0.05, 0) is 43.7 Å². The summed E-state index contributed by atoms with van der Waals surface area (Å²) in [5, 5.41) is 2.90. The molecule has 1 N–H and O–H groups in total. The molecule has 7 nitrogen and oxygen atoms in total. The van der Waals surface area contributed by atoms with Crippen LogP contribution in [0.3, 0.4) is 0 Å². The highest BCUT2D eigenvalue weighted by molar-refractivity contribution is 5.97. The molecule has 0 aliphatic heterocycles. The van der Waals surface area contributed by atoms with E-state index in [-0.39, 0.29) is 5.91 Å². The monoisotopic (exact) mass is 383 g/mol. The highest BCUT2D eigenvalue weighted by atomic mass is 16.5. The molecule has 0 fully saturated rings. The molecule has 0 saturated heterocycles. The Balaban J connectivity index is 1.82. The summed E-state index contributed by atoms with van der Waals surface area (Å²) < 4.78 is 18.0. The summed E-state index contributed by atoms with van der Waals surface area (Å²) in [6, 6.07) is 11.1. The molecule has 28 heavy (non-hydrogen) atoms. The van der Waals surface area contributed by atoms with E-state index in [0.29, 0.717) is 31.1 Å². The van der Waals surface area contributed by atoms with Gasteiger partial charge in [0.25, 0.3) is 5.91 Å². The van der Waals surface area contributed by atoms with E-state index in [2.05, 4.69) is 10.3 Å². The molecule has 0 bridgehead atoms. The lowest BCUT2D eigenvalue weighted by atomic mass is 10.1. The van der Waals surface area contributed by atoms with Crippen molar-refractivity contribution in [3.05, 3.63) is 48.3 Å². The van der Waals surface area contributed by atoms with E-state index >= 15 is 0 Å². The van der Waals surface area contributed by atoms with E-state index in [1.165, 1.54) is 0 Å². The molecule has 2 aromatic carbocycles. The second-order valence-electron chi connectivity index (χ2n) is 6.16. The van der Waals surface area contributed by atoms with Crippen LogP contribution in [0.1, 0.15) is 23.7 Å². The van der Waals surface area contributed by atoms with E-state index in [0.717, 1.165) is 28.9 Å². The van der Waals surface area contributed by atoms with Crippen molar-refractivity contribution in [2.24, 2.45) is 0 Å². The average Bonchev–Trinajstić information content (AvgIpc) is 3.16. The lowest BCUT2D eigenvalue weighted by molar-refractivity contribution is 0.0944. The Morgan fingerprint density at radius 1 is 1.14 bits per heavy atom. The molecular weight excluding hydrogens is 358 g/mol. The highest BCUT2D eigenvalue weighted by Crippen LogP contribution is 2.30. The largest absolute Gasteiger partial charge is 0.497 e. The first-order chi connectivity index (χ1) is 13.7. The fourth-order valence-corrected chi connectivity index (χ4v) is 2.95. The van der Waals surface area contributed by atoms with Crippen LogP contribution in [0.15, 0.2) is 42.7 Å². The smallest absolute Gasteiger partial charge is 0.251 e. The van der Waals surface area contributed by atoms with Gasteiger partial charge >= 0.3 is 0 Å². The van der Waals surface area contributed by atoms with Gasteiger partial charge in [-0.2, -0.15) is 0 Å². The summed E-state index contributed by atoms with van der Waals surface area (Å²) in [4.78, 5) is 16.8. The SMILES string of the molecule is CCOCCCNC(=O)c1ccc2c(c1)ncn2-c1cc(OC)ccc1OC. The van der Waals surface area contributed by atoms with E-state index < -0.39 is 0 Å². The second kappa shape index (κ2) is 9.23. The van der Waals surface area contributed by atoms with Crippen molar-refractivity contribution in [3.8, 4) is 17.2 Å². The van der Waals surface area contributed by atoms with Crippen LogP contribution in [0.5, 0.6) is 11.5 Å². The number of nitrogens with one attached hydrogen (secondary N) is 1. The maximum Gasteiger partial charge on any atom is 0.251 e. The number of amides is 1. The molecule has 1 heterocycles. The minimum absolute atomic E-state index is 0.119. The molecule has 3 rings (SSSR count). The third-order valence-corrected chi connectivity index (χ3v) is 4.41. The number of hydrogen-bond acceptors (Lipinski definition) is 5. The molecule has 1 aromatic heterocycles. The number of nitrogens with zero attached hydrogens (tertiary/aromatic N) is 2. The van der Waals surface area contributed by atoms with Crippen molar-refractivity contribution in [3.63, 3.8) is 0 Å². The quantitative estimate of drug-likeness (QED) is 0.575. The van der Waals surface area contributed by atoms with Crippen molar-refractivity contribution in [1.29, 1.82) is 0 Å². The zero-order valence-corrected chi connectivity index (χ0v) is 16.4. The van der Waals surface area contributed by atoms with Crippen LogP contribution in [0.25, 0.3) is 16.7 Å². The maximum absolute atomic E-state index is 12.4. The number of aromatic nitrogens is 2. The summed E-state index contributed by atoms with van der Waals surface area (Å²) >= 11 is 0.